The summed E-state index contributed by atoms with van der Waals surface area (Å²) >= 11 is 0. The van der Waals surface area contributed by atoms with Crippen molar-refractivity contribution in [3.63, 3.8) is 0 Å². The molecule has 0 unspecified atom stereocenters. The molecule has 0 aliphatic heterocycles. The van der Waals surface area contributed by atoms with E-state index < -0.39 is 15.9 Å². The topological polar surface area (TPSA) is 104 Å². The number of sulfone groups is 1. The van der Waals surface area contributed by atoms with Crippen LogP contribution in [0.5, 0.6) is 0 Å². The minimum atomic E-state index is -3.30. The molecule has 0 heterocycles. The van der Waals surface area contributed by atoms with Gasteiger partial charge in [-0.15, -0.1) is 6.42 Å². The predicted molar refractivity (Wildman–Crippen MR) is 91.8 cm³/mol. The smallest absolute Gasteiger partial charge is 0.314 e. The molecule has 3 N–H and O–H groups in total. The molecule has 0 spiro atoms. The highest BCUT2D eigenvalue weighted by molar-refractivity contribution is 7.90. The fourth-order valence-corrected chi connectivity index (χ4v) is 3.07. The summed E-state index contributed by atoms with van der Waals surface area (Å²) < 4.78 is 23.9. The van der Waals surface area contributed by atoms with Crippen molar-refractivity contribution in [2.75, 3.05) is 25.4 Å². The molecule has 0 aromatic heterocycles. The van der Waals surface area contributed by atoms with Gasteiger partial charge in [0.1, 0.15) is 0 Å². The quantitative estimate of drug-likeness (QED) is 0.546. The number of amides is 3. The summed E-state index contributed by atoms with van der Waals surface area (Å²) in [6.45, 7) is 0.285. The van der Waals surface area contributed by atoms with Crippen LogP contribution in [0.15, 0.2) is 30.3 Å². The van der Waals surface area contributed by atoms with E-state index in [1.807, 2.05) is 6.07 Å². The van der Waals surface area contributed by atoms with Gasteiger partial charge in [0.15, 0.2) is 9.84 Å². The van der Waals surface area contributed by atoms with Crippen molar-refractivity contribution in [3.05, 3.63) is 35.9 Å². The Labute approximate surface area is 142 Å². The molecule has 0 saturated carbocycles. The number of terminal acetylenes is 1. The third-order valence-corrected chi connectivity index (χ3v) is 4.55. The van der Waals surface area contributed by atoms with Crippen LogP contribution in [-0.4, -0.2) is 45.7 Å². The van der Waals surface area contributed by atoms with Crippen molar-refractivity contribution < 1.29 is 18.0 Å². The molecule has 0 radical (unpaired) electrons. The van der Waals surface area contributed by atoms with Gasteiger partial charge in [-0.05, 0) is 5.56 Å². The van der Waals surface area contributed by atoms with Crippen molar-refractivity contribution >= 4 is 21.8 Å². The fourth-order valence-electron chi connectivity index (χ4n) is 1.81. The Bertz CT molecular complexity index is 681. The Morgan fingerprint density at radius 2 is 1.71 bits per heavy atom. The average Bonchev–Trinajstić information content (AvgIpc) is 2.53. The second kappa shape index (κ2) is 10.3. The number of hydrogen-bond acceptors (Lipinski definition) is 4. The Morgan fingerprint density at radius 1 is 1.04 bits per heavy atom. The van der Waals surface area contributed by atoms with Gasteiger partial charge in [-0.25, -0.2) is 13.2 Å². The molecule has 0 atom stereocenters. The highest BCUT2D eigenvalue weighted by Crippen LogP contribution is 2.05. The Kier molecular flexibility index (Phi) is 8.36. The van der Waals surface area contributed by atoms with E-state index >= 15 is 0 Å². The van der Waals surface area contributed by atoms with Crippen molar-refractivity contribution in [3.8, 4) is 12.3 Å². The van der Waals surface area contributed by atoms with Gasteiger partial charge in [0.2, 0.25) is 5.91 Å². The predicted octanol–water partition coefficient (Wildman–Crippen LogP) is 0.0401. The van der Waals surface area contributed by atoms with Crippen molar-refractivity contribution in [1.29, 1.82) is 0 Å². The van der Waals surface area contributed by atoms with Crippen molar-refractivity contribution in [2.24, 2.45) is 0 Å². The highest BCUT2D eigenvalue weighted by atomic mass is 32.2. The second-order valence-corrected chi connectivity index (χ2v) is 7.18. The van der Waals surface area contributed by atoms with E-state index in [1.54, 1.807) is 24.3 Å². The molecule has 0 fully saturated rings. The van der Waals surface area contributed by atoms with Crippen LogP contribution in [0.1, 0.15) is 12.0 Å². The minimum absolute atomic E-state index is 0.00426. The molecule has 0 saturated heterocycles. The van der Waals surface area contributed by atoms with Gasteiger partial charge in [0.25, 0.3) is 0 Å². The molecule has 7 nitrogen and oxygen atoms in total. The largest absolute Gasteiger partial charge is 0.345 e. The van der Waals surface area contributed by atoms with Gasteiger partial charge >= 0.3 is 6.03 Å². The summed E-state index contributed by atoms with van der Waals surface area (Å²) in [6, 6.07) is 8.32. The van der Waals surface area contributed by atoms with Crippen molar-refractivity contribution in [2.45, 2.75) is 12.2 Å². The molecule has 1 rings (SSSR count). The normalized spacial score (nSPS) is 10.5. The summed E-state index contributed by atoms with van der Waals surface area (Å²) in [5, 5.41) is 7.38. The molecule has 0 aliphatic carbocycles. The van der Waals surface area contributed by atoms with Crippen LogP contribution in [0.3, 0.4) is 0 Å². The molecular formula is C16H21N3O4S. The number of rotatable bonds is 9. The second-order valence-electron chi connectivity index (χ2n) is 4.99. The van der Waals surface area contributed by atoms with Gasteiger partial charge in [-0.3, -0.25) is 4.79 Å². The Hall–Kier alpha value is -2.53. The number of benzene rings is 1. The summed E-state index contributed by atoms with van der Waals surface area (Å²) in [5.41, 5.74) is 0.708. The first kappa shape index (κ1) is 19.5. The monoisotopic (exact) mass is 351 g/mol. The molecule has 0 bridgehead atoms. The third-order valence-electron chi connectivity index (χ3n) is 2.95. The maximum atomic E-state index is 11.9. The fraction of sp³-hybridized carbons (Fsp3) is 0.375. The molecule has 3 amide bonds. The zero-order valence-corrected chi connectivity index (χ0v) is 14.1. The zero-order valence-electron chi connectivity index (χ0n) is 13.2. The Balaban J connectivity index is 2.20. The highest BCUT2D eigenvalue weighted by Gasteiger charge is 2.12. The lowest BCUT2D eigenvalue weighted by Gasteiger charge is -2.08. The van der Waals surface area contributed by atoms with E-state index in [0.717, 1.165) is 0 Å². The first-order chi connectivity index (χ1) is 11.4. The molecule has 1 aromatic rings. The first-order valence-electron chi connectivity index (χ1n) is 7.39. The van der Waals surface area contributed by atoms with Crippen LogP contribution < -0.4 is 16.0 Å². The van der Waals surface area contributed by atoms with E-state index in [0.29, 0.717) is 5.56 Å². The molecule has 130 valence electrons. The van der Waals surface area contributed by atoms with Gasteiger partial charge in [-0.2, -0.15) is 0 Å². The van der Waals surface area contributed by atoms with E-state index in [9.17, 15) is 18.0 Å². The van der Waals surface area contributed by atoms with Crippen LogP contribution in [0.25, 0.3) is 0 Å². The van der Waals surface area contributed by atoms with E-state index in [4.69, 9.17) is 6.42 Å². The molecule has 1 aromatic carbocycles. The van der Waals surface area contributed by atoms with Gasteiger partial charge in [-0.1, -0.05) is 36.3 Å². The molecule has 24 heavy (non-hydrogen) atoms. The summed E-state index contributed by atoms with van der Waals surface area (Å²) in [6.07, 6.45) is 5.10. The first-order valence-corrected chi connectivity index (χ1v) is 9.21. The lowest BCUT2D eigenvalue weighted by atomic mass is 10.2. The number of carbonyl (C=O) groups excluding carboxylic acids is 2. The number of hydrogen-bond donors (Lipinski definition) is 3. The maximum Gasteiger partial charge on any atom is 0.314 e. The summed E-state index contributed by atoms with van der Waals surface area (Å²) in [7, 11) is -3.30. The molecule has 0 aliphatic rings. The third kappa shape index (κ3) is 8.80. The van der Waals surface area contributed by atoms with E-state index in [2.05, 4.69) is 21.9 Å². The van der Waals surface area contributed by atoms with Crippen molar-refractivity contribution in [1.82, 2.24) is 16.0 Å². The van der Waals surface area contributed by atoms with Gasteiger partial charge in [0.05, 0.1) is 18.1 Å². The summed E-state index contributed by atoms with van der Waals surface area (Å²) in [5.74, 6) is 1.79. The van der Waals surface area contributed by atoms with Crippen LogP contribution in [0, 0.1) is 12.3 Å². The number of nitrogens with one attached hydrogen (secondary N) is 3. The standard InChI is InChI=1S/C16H21N3O4S/c1-2-9-17-15(20)8-10-18-16(21)19-11-12-24(22,23)13-14-6-4-3-5-7-14/h1,3-7H,8-13H2,(H,17,20)(H2,18,19,21). The van der Waals surface area contributed by atoms with E-state index in [1.165, 1.54) is 0 Å². The minimum Gasteiger partial charge on any atom is -0.345 e. The van der Waals surface area contributed by atoms with Crippen LogP contribution in [0.4, 0.5) is 4.79 Å². The zero-order chi connectivity index (χ0) is 17.8. The van der Waals surface area contributed by atoms with Gasteiger partial charge < -0.3 is 16.0 Å². The average molecular weight is 351 g/mol. The van der Waals surface area contributed by atoms with Gasteiger partial charge in [0, 0.05) is 19.5 Å². The van der Waals surface area contributed by atoms with E-state index in [-0.39, 0.29) is 43.5 Å². The summed E-state index contributed by atoms with van der Waals surface area (Å²) in [4.78, 5) is 22.7. The SMILES string of the molecule is C#CCNC(=O)CCNC(=O)NCCS(=O)(=O)Cc1ccccc1. The van der Waals surface area contributed by atoms with Crippen LogP contribution in [-0.2, 0) is 20.4 Å². The van der Waals surface area contributed by atoms with Crippen LogP contribution >= 0.6 is 0 Å². The Morgan fingerprint density at radius 3 is 2.38 bits per heavy atom. The lowest BCUT2D eigenvalue weighted by Crippen LogP contribution is -2.39. The molecule has 8 heteroatoms. The number of urea groups is 1. The lowest BCUT2D eigenvalue weighted by molar-refractivity contribution is -0.120. The molecular weight excluding hydrogens is 330 g/mol. The maximum absolute atomic E-state index is 11.9. The number of carbonyl (C=O) groups is 2. The van der Waals surface area contributed by atoms with Crippen LogP contribution in [0.2, 0.25) is 0 Å².